The Balaban J connectivity index is 1.77. The molecular weight excluding hydrogens is 290 g/mol. The van der Waals surface area contributed by atoms with E-state index < -0.39 is 0 Å². The average molecular weight is 305 g/mol. The van der Waals surface area contributed by atoms with Gasteiger partial charge in [0, 0.05) is 29.3 Å². The van der Waals surface area contributed by atoms with Crippen LogP contribution >= 0.6 is 11.8 Å². The highest BCUT2D eigenvalue weighted by Gasteiger charge is 2.57. The van der Waals surface area contributed by atoms with Gasteiger partial charge in [0.1, 0.15) is 4.87 Å². The molecule has 1 saturated heterocycles. The second kappa shape index (κ2) is 4.26. The minimum Gasteiger partial charge on any atom is -0.318 e. The van der Waals surface area contributed by atoms with Crippen molar-refractivity contribution in [3.05, 3.63) is 76.9 Å². The standard InChI is InChI=1S/C19H15NOS/c21-18-15-7-3-4-8-16(15)19(20(18)11-12-22-19)17-10-9-13-5-1-2-6-14(13)17/h1-10,17H,11-12H2. The van der Waals surface area contributed by atoms with Crippen molar-refractivity contribution in [2.45, 2.75) is 10.8 Å². The molecular formula is C19H15NOS. The van der Waals surface area contributed by atoms with Gasteiger partial charge in [-0.3, -0.25) is 4.79 Å². The molecule has 0 saturated carbocycles. The number of amides is 1. The molecule has 1 amide bonds. The Morgan fingerprint density at radius 1 is 1.09 bits per heavy atom. The van der Waals surface area contributed by atoms with E-state index in [1.807, 2.05) is 23.9 Å². The normalized spacial score (nSPS) is 27.9. The third-order valence-electron chi connectivity index (χ3n) is 5.05. The first-order chi connectivity index (χ1) is 10.8. The lowest BCUT2D eigenvalue weighted by molar-refractivity contribution is 0.0712. The second-order valence-electron chi connectivity index (χ2n) is 6.01. The molecule has 0 bridgehead atoms. The number of fused-ring (bicyclic) bond motifs is 4. The average Bonchev–Trinajstić information content (AvgIpc) is 3.23. The fourth-order valence-corrected chi connectivity index (χ4v) is 5.79. The number of hydrogen-bond donors (Lipinski definition) is 0. The number of carbonyl (C=O) groups is 1. The largest absolute Gasteiger partial charge is 0.318 e. The Bertz CT molecular complexity index is 828. The second-order valence-corrected chi connectivity index (χ2v) is 7.33. The smallest absolute Gasteiger partial charge is 0.255 e. The predicted octanol–water partition coefficient (Wildman–Crippen LogP) is 3.85. The van der Waals surface area contributed by atoms with Crippen LogP contribution in [-0.2, 0) is 4.87 Å². The van der Waals surface area contributed by atoms with Crippen LogP contribution in [0.5, 0.6) is 0 Å². The highest BCUT2D eigenvalue weighted by Crippen LogP contribution is 2.60. The van der Waals surface area contributed by atoms with E-state index in [2.05, 4.69) is 53.5 Å². The third kappa shape index (κ3) is 1.35. The lowest BCUT2D eigenvalue weighted by Crippen LogP contribution is -2.40. The van der Waals surface area contributed by atoms with Gasteiger partial charge in [0.05, 0.1) is 0 Å². The van der Waals surface area contributed by atoms with Crippen molar-refractivity contribution in [1.29, 1.82) is 0 Å². The van der Waals surface area contributed by atoms with E-state index in [1.54, 1.807) is 0 Å². The van der Waals surface area contributed by atoms with E-state index in [4.69, 9.17) is 0 Å². The molecule has 2 atom stereocenters. The summed E-state index contributed by atoms with van der Waals surface area (Å²) in [6.07, 6.45) is 4.49. The summed E-state index contributed by atoms with van der Waals surface area (Å²) in [7, 11) is 0. The molecule has 2 aliphatic heterocycles. The zero-order valence-corrected chi connectivity index (χ0v) is 12.8. The monoisotopic (exact) mass is 305 g/mol. The molecule has 0 aromatic heterocycles. The summed E-state index contributed by atoms with van der Waals surface area (Å²) < 4.78 is 0. The summed E-state index contributed by atoms with van der Waals surface area (Å²) in [6, 6.07) is 16.7. The van der Waals surface area contributed by atoms with Crippen LogP contribution in [0.25, 0.3) is 6.08 Å². The first-order valence-corrected chi connectivity index (χ1v) is 8.63. The van der Waals surface area contributed by atoms with Crippen LogP contribution < -0.4 is 0 Å². The lowest BCUT2D eigenvalue weighted by atomic mass is 9.87. The summed E-state index contributed by atoms with van der Waals surface area (Å²) in [6.45, 7) is 0.838. The Hall–Kier alpha value is -2.00. The van der Waals surface area contributed by atoms with E-state index in [0.717, 1.165) is 17.9 Å². The molecule has 2 aromatic carbocycles. The van der Waals surface area contributed by atoms with Crippen LogP contribution in [0.4, 0.5) is 0 Å². The van der Waals surface area contributed by atoms with E-state index in [9.17, 15) is 4.79 Å². The minimum absolute atomic E-state index is 0.193. The molecule has 3 heteroatoms. The van der Waals surface area contributed by atoms with Gasteiger partial charge in [0.15, 0.2) is 0 Å². The van der Waals surface area contributed by atoms with Gasteiger partial charge in [-0.25, -0.2) is 0 Å². The molecule has 2 aromatic rings. The van der Waals surface area contributed by atoms with Crippen molar-refractivity contribution < 1.29 is 4.79 Å². The summed E-state index contributed by atoms with van der Waals surface area (Å²) in [5.74, 6) is 1.44. The van der Waals surface area contributed by atoms with E-state index >= 15 is 0 Å². The van der Waals surface area contributed by atoms with Gasteiger partial charge in [-0.15, -0.1) is 11.8 Å². The van der Waals surface area contributed by atoms with Crippen molar-refractivity contribution in [1.82, 2.24) is 4.90 Å². The first kappa shape index (κ1) is 12.5. The van der Waals surface area contributed by atoms with Gasteiger partial charge in [-0.2, -0.15) is 0 Å². The van der Waals surface area contributed by atoms with E-state index in [0.29, 0.717) is 0 Å². The molecule has 2 heterocycles. The Morgan fingerprint density at radius 2 is 1.91 bits per heavy atom. The number of nitrogens with zero attached hydrogens (tertiary/aromatic N) is 1. The van der Waals surface area contributed by atoms with Crippen LogP contribution in [0.1, 0.15) is 33.0 Å². The zero-order chi connectivity index (χ0) is 14.7. The highest BCUT2D eigenvalue weighted by molar-refractivity contribution is 8.00. The molecule has 0 spiro atoms. The molecule has 3 aliphatic rings. The highest BCUT2D eigenvalue weighted by atomic mass is 32.2. The van der Waals surface area contributed by atoms with Gasteiger partial charge >= 0.3 is 0 Å². The first-order valence-electron chi connectivity index (χ1n) is 7.65. The predicted molar refractivity (Wildman–Crippen MR) is 89.8 cm³/mol. The number of benzene rings is 2. The maximum absolute atomic E-state index is 12.8. The summed E-state index contributed by atoms with van der Waals surface area (Å²) in [4.78, 5) is 14.7. The van der Waals surface area contributed by atoms with Crippen LogP contribution in [0, 0.1) is 0 Å². The maximum atomic E-state index is 12.8. The van der Waals surface area contributed by atoms with Crippen molar-refractivity contribution in [3.8, 4) is 0 Å². The maximum Gasteiger partial charge on any atom is 0.255 e. The molecule has 2 unspecified atom stereocenters. The molecule has 22 heavy (non-hydrogen) atoms. The van der Waals surface area contributed by atoms with Crippen molar-refractivity contribution in [3.63, 3.8) is 0 Å². The van der Waals surface area contributed by atoms with Gasteiger partial charge in [0.2, 0.25) is 0 Å². The number of thioether (sulfide) groups is 1. The topological polar surface area (TPSA) is 20.3 Å². The van der Waals surface area contributed by atoms with Gasteiger partial charge in [0.25, 0.3) is 5.91 Å². The SMILES string of the molecule is O=C1c2ccccc2C2(C3C=Cc4ccccc43)SCCN12. The van der Waals surface area contributed by atoms with Crippen molar-refractivity contribution in [2.75, 3.05) is 12.3 Å². The van der Waals surface area contributed by atoms with Gasteiger partial charge in [-0.1, -0.05) is 54.6 Å². The number of hydrogen-bond acceptors (Lipinski definition) is 2. The molecule has 1 aliphatic carbocycles. The van der Waals surface area contributed by atoms with Crippen LogP contribution in [0.15, 0.2) is 54.6 Å². The minimum atomic E-state index is -0.253. The summed E-state index contributed by atoms with van der Waals surface area (Å²) in [5.41, 5.74) is 4.69. The molecule has 5 rings (SSSR count). The number of rotatable bonds is 1. The van der Waals surface area contributed by atoms with Crippen molar-refractivity contribution in [2.24, 2.45) is 0 Å². The molecule has 0 radical (unpaired) electrons. The van der Waals surface area contributed by atoms with Crippen LogP contribution in [-0.4, -0.2) is 23.1 Å². The van der Waals surface area contributed by atoms with Crippen LogP contribution in [0.3, 0.4) is 0 Å². The molecule has 1 fully saturated rings. The lowest BCUT2D eigenvalue weighted by Gasteiger charge is -2.37. The molecule has 108 valence electrons. The third-order valence-corrected chi connectivity index (χ3v) is 6.57. The Kier molecular flexibility index (Phi) is 2.43. The summed E-state index contributed by atoms with van der Waals surface area (Å²) in [5, 5.41) is 0. The van der Waals surface area contributed by atoms with E-state index in [1.165, 1.54) is 16.7 Å². The summed E-state index contributed by atoms with van der Waals surface area (Å²) >= 11 is 1.92. The van der Waals surface area contributed by atoms with Gasteiger partial charge < -0.3 is 4.90 Å². The fourth-order valence-electron chi connectivity index (χ4n) is 4.16. The number of carbonyl (C=O) groups excluding carboxylic acids is 1. The van der Waals surface area contributed by atoms with Crippen LogP contribution in [0.2, 0.25) is 0 Å². The molecule has 2 nitrogen and oxygen atoms in total. The van der Waals surface area contributed by atoms with Crippen molar-refractivity contribution >= 4 is 23.7 Å². The molecule has 0 N–H and O–H groups in total. The quantitative estimate of drug-likeness (QED) is 0.797. The zero-order valence-electron chi connectivity index (χ0n) is 12.0. The Labute approximate surface area is 133 Å². The fraction of sp³-hybridized carbons (Fsp3) is 0.211. The van der Waals surface area contributed by atoms with E-state index in [-0.39, 0.29) is 16.7 Å². The Morgan fingerprint density at radius 3 is 2.86 bits per heavy atom. The van der Waals surface area contributed by atoms with Gasteiger partial charge in [-0.05, 0) is 17.2 Å².